The molecule has 1 saturated carbocycles. The van der Waals surface area contributed by atoms with Crippen molar-refractivity contribution in [2.75, 3.05) is 0 Å². The number of nitrogens with one attached hydrogen (secondary N) is 1. The zero-order valence-electron chi connectivity index (χ0n) is 10.6. The van der Waals surface area contributed by atoms with Crippen molar-refractivity contribution in [1.29, 1.82) is 0 Å². The lowest BCUT2D eigenvalue weighted by Crippen LogP contribution is -2.19. The van der Waals surface area contributed by atoms with Crippen LogP contribution in [-0.4, -0.2) is 30.8 Å². The molecule has 0 atom stereocenters. The highest BCUT2D eigenvalue weighted by atomic mass is 15.4. The average Bonchev–Trinajstić information content (AvgIpc) is 3.02. The van der Waals surface area contributed by atoms with Crippen LogP contribution in [0.25, 0.3) is 5.95 Å². The summed E-state index contributed by atoms with van der Waals surface area (Å²) >= 11 is 0. The Balaban J connectivity index is 1.87. The smallest absolute Gasteiger partial charge is 0.252 e. The van der Waals surface area contributed by atoms with Crippen LogP contribution in [0.2, 0.25) is 0 Å². The van der Waals surface area contributed by atoms with Gasteiger partial charge in [0.05, 0.1) is 6.54 Å². The van der Waals surface area contributed by atoms with Crippen molar-refractivity contribution in [3.63, 3.8) is 0 Å². The van der Waals surface area contributed by atoms with E-state index < -0.39 is 0 Å². The zero-order chi connectivity index (χ0) is 12.5. The van der Waals surface area contributed by atoms with Gasteiger partial charge in [-0.05, 0) is 32.8 Å². The fraction of sp³-hybridized carbons (Fsp3) is 0.500. The monoisotopic (exact) mass is 244 g/mol. The molecule has 0 spiro atoms. The molecular formula is C12H16N6. The van der Waals surface area contributed by atoms with Gasteiger partial charge in [0.15, 0.2) is 0 Å². The van der Waals surface area contributed by atoms with E-state index in [4.69, 9.17) is 0 Å². The van der Waals surface area contributed by atoms with Gasteiger partial charge in [0, 0.05) is 17.4 Å². The summed E-state index contributed by atoms with van der Waals surface area (Å²) < 4.78 is 1.70. The summed E-state index contributed by atoms with van der Waals surface area (Å²) in [6, 6.07) is 2.60. The molecule has 0 saturated heterocycles. The molecule has 2 heterocycles. The van der Waals surface area contributed by atoms with Gasteiger partial charge in [0.2, 0.25) is 0 Å². The minimum Gasteiger partial charge on any atom is -0.307 e. The quantitative estimate of drug-likeness (QED) is 0.866. The van der Waals surface area contributed by atoms with Gasteiger partial charge in [-0.1, -0.05) is 0 Å². The van der Waals surface area contributed by atoms with Crippen LogP contribution in [-0.2, 0) is 6.54 Å². The number of nitrogens with zero attached hydrogens (tertiary/aromatic N) is 5. The van der Waals surface area contributed by atoms with E-state index in [9.17, 15) is 0 Å². The fourth-order valence-corrected chi connectivity index (χ4v) is 1.88. The fourth-order valence-electron chi connectivity index (χ4n) is 1.88. The molecule has 1 aliphatic carbocycles. The van der Waals surface area contributed by atoms with Gasteiger partial charge in [0.25, 0.3) is 5.95 Å². The molecule has 1 N–H and O–H groups in total. The van der Waals surface area contributed by atoms with Gasteiger partial charge in [-0.15, -0.1) is 0 Å². The third-order valence-electron chi connectivity index (χ3n) is 2.90. The Morgan fingerprint density at radius 1 is 1.28 bits per heavy atom. The Hall–Kier alpha value is -1.82. The van der Waals surface area contributed by atoms with Crippen LogP contribution in [0.5, 0.6) is 0 Å². The maximum absolute atomic E-state index is 4.40. The molecular weight excluding hydrogens is 228 g/mol. The van der Waals surface area contributed by atoms with E-state index in [1.165, 1.54) is 12.8 Å². The zero-order valence-corrected chi connectivity index (χ0v) is 10.6. The summed E-state index contributed by atoms with van der Waals surface area (Å²) in [5.41, 5.74) is 1.88. The molecule has 0 amide bonds. The maximum atomic E-state index is 4.40. The summed E-state index contributed by atoms with van der Waals surface area (Å²) in [6.07, 6.45) is 4.06. The minimum absolute atomic E-state index is 0.595. The first-order valence-corrected chi connectivity index (χ1v) is 6.17. The first-order chi connectivity index (χ1) is 8.72. The molecule has 0 aliphatic heterocycles. The molecule has 0 bridgehead atoms. The Bertz CT molecular complexity index is 537. The standard InChI is InChI=1S/C12H16N6/c1-8-5-9(2)17-12(16-8)18-11(14-7-15-18)6-13-10-3-4-10/h5,7,10,13H,3-4,6H2,1-2H3. The van der Waals surface area contributed by atoms with E-state index in [-0.39, 0.29) is 0 Å². The lowest BCUT2D eigenvalue weighted by molar-refractivity contribution is 0.627. The van der Waals surface area contributed by atoms with Crippen molar-refractivity contribution in [2.24, 2.45) is 0 Å². The van der Waals surface area contributed by atoms with E-state index in [0.717, 1.165) is 17.2 Å². The van der Waals surface area contributed by atoms with Crippen LogP contribution in [0.15, 0.2) is 12.4 Å². The minimum atomic E-state index is 0.595. The molecule has 18 heavy (non-hydrogen) atoms. The summed E-state index contributed by atoms with van der Waals surface area (Å²) in [7, 11) is 0. The molecule has 1 fully saturated rings. The van der Waals surface area contributed by atoms with Crippen LogP contribution in [0.3, 0.4) is 0 Å². The molecule has 1 aliphatic rings. The Kier molecular flexibility index (Phi) is 2.79. The Labute approximate surface area is 105 Å². The number of rotatable bonds is 4. The molecule has 3 rings (SSSR count). The van der Waals surface area contributed by atoms with Crippen LogP contribution in [0, 0.1) is 13.8 Å². The van der Waals surface area contributed by atoms with Crippen molar-refractivity contribution >= 4 is 0 Å². The molecule has 0 radical (unpaired) electrons. The second-order valence-corrected chi connectivity index (χ2v) is 4.69. The molecule has 6 heteroatoms. The summed E-state index contributed by atoms with van der Waals surface area (Å²) in [5.74, 6) is 1.45. The van der Waals surface area contributed by atoms with Gasteiger partial charge >= 0.3 is 0 Å². The van der Waals surface area contributed by atoms with Gasteiger partial charge in [-0.25, -0.2) is 15.0 Å². The number of aromatic nitrogens is 5. The third-order valence-corrected chi connectivity index (χ3v) is 2.90. The Morgan fingerprint density at radius 3 is 2.67 bits per heavy atom. The summed E-state index contributed by atoms with van der Waals surface area (Å²) in [6.45, 7) is 4.62. The normalized spacial score (nSPS) is 15.0. The number of hydrogen-bond acceptors (Lipinski definition) is 5. The van der Waals surface area contributed by atoms with E-state index in [1.807, 2.05) is 19.9 Å². The summed E-state index contributed by atoms with van der Waals surface area (Å²) in [4.78, 5) is 13.1. The predicted octanol–water partition coefficient (Wildman–Crippen LogP) is 0.926. The number of hydrogen-bond donors (Lipinski definition) is 1. The van der Waals surface area contributed by atoms with Gasteiger partial charge in [0.1, 0.15) is 12.2 Å². The largest absolute Gasteiger partial charge is 0.307 e. The molecule has 6 nitrogen and oxygen atoms in total. The first kappa shape index (κ1) is 11.3. The topological polar surface area (TPSA) is 68.5 Å². The molecule has 0 aromatic carbocycles. The van der Waals surface area contributed by atoms with Gasteiger partial charge in [-0.3, -0.25) is 0 Å². The maximum Gasteiger partial charge on any atom is 0.252 e. The van der Waals surface area contributed by atoms with Crippen molar-refractivity contribution < 1.29 is 0 Å². The van der Waals surface area contributed by atoms with Gasteiger partial charge in [-0.2, -0.15) is 9.78 Å². The molecule has 2 aromatic heterocycles. The second kappa shape index (κ2) is 4.45. The van der Waals surface area contributed by atoms with Crippen molar-refractivity contribution in [3.05, 3.63) is 29.6 Å². The van der Waals surface area contributed by atoms with Gasteiger partial charge < -0.3 is 5.32 Å². The first-order valence-electron chi connectivity index (χ1n) is 6.17. The van der Waals surface area contributed by atoms with Crippen molar-refractivity contribution in [1.82, 2.24) is 30.0 Å². The molecule has 0 unspecified atom stereocenters. The second-order valence-electron chi connectivity index (χ2n) is 4.69. The molecule has 2 aromatic rings. The predicted molar refractivity (Wildman–Crippen MR) is 66.3 cm³/mol. The van der Waals surface area contributed by atoms with E-state index in [1.54, 1.807) is 11.0 Å². The SMILES string of the molecule is Cc1cc(C)nc(-n2ncnc2CNC2CC2)n1. The summed E-state index contributed by atoms with van der Waals surface area (Å²) in [5, 5.41) is 7.63. The highest BCUT2D eigenvalue weighted by Crippen LogP contribution is 2.19. The lowest BCUT2D eigenvalue weighted by Gasteiger charge is -2.06. The molecule has 94 valence electrons. The Morgan fingerprint density at radius 2 is 2.00 bits per heavy atom. The number of aryl methyl sites for hydroxylation is 2. The van der Waals surface area contributed by atoms with E-state index >= 15 is 0 Å². The van der Waals surface area contributed by atoms with Crippen molar-refractivity contribution in [2.45, 2.75) is 39.3 Å². The lowest BCUT2D eigenvalue weighted by atomic mass is 10.4. The third kappa shape index (κ3) is 2.38. The van der Waals surface area contributed by atoms with Crippen molar-refractivity contribution in [3.8, 4) is 5.95 Å². The average molecular weight is 244 g/mol. The van der Waals surface area contributed by atoms with E-state index in [2.05, 4.69) is 25.4 Å². The van der Waals surface area contributed by atoms with Crippen LogP contribution in [0.4, 0.5) is 0 Å². The highest BCUT2D eigenvalue weighted by Gasteiger charge is 2.21. The van der Waals surface area contributed by atoms with Crippen LogP contribution in [0.1, 0.15) is 30.1 Å². The highest BCUT2D eigenvalue weighted by molar-refractivity contribution is 5.18. The van der Waals surface area contributed by atoms with Crippen LogP contribution < -0.4 is 5.32 Å². The van der Waals surface area contributed by atoms with E-state index in [0.29, 0.717) is 18.5 Å². The van der Waals surface area contributed by atoms with Crippen LogP contribution >= 0.6 is 0 Å².